The van der Waals surface area contributed by atoms with Crippen LogP contribution in [0.2, 0.25) is 0 Å². The average Bonchev–Trinajstić information content (AvgIpc) is 2.86. The highest BCUT2D eigenvalue weighted by Crippen LogP contribution is 2.23. The van der Waals surface area contributed by atoms with Gasteiger partial charge in [-0.1, -0.05) is 6.07 Å². The number of fused-ring (bicyclic) bond motifs is 1. The van der Waals surface area contributed by atoms with Gasteiger partial charge in [-0.25, -0.2) is 4.98 Å². The highest BCUT2D eigenvalue weighted by atomic mass is 32.1. The van der Waals surface area contributed by atoms with E-state index in [1.54, 1.807) is 11.3 Å². The summed E-state index contributed by atoms with van der Waals surface area (Å²) < 4.78 is 1.98. The van der Waals surface area contributed by atoms with Crippen LogP contribution in [0.4, 0.5) is 0 Å². The smallest absolute Gasteiger partial charge is 0.137 e. The topological polar surface area (TPSA) is 17.3 Å². The summed E-state index contributed by atoms with van der Waals surface area (Å²) in [6, 6.07) is 11.0. The van der Waals surface area contributed by atoms with E-state index < -0.39 is 0 Å². The molecule has 1 radical (unpaired) electrons. The second-order valence-electron chi connectivity index (χ2n) is 3.00. The predicted octanol–water partition coefficient (Wildman–Crippen LogP) is 2.86. The first-order valence-corrected chi connectivity index (χ1v) is 5.20. The van der Waals surface area contributed by atoms with Gasteiger partial charge in [0.15, 0.2) is 0 Å². The third-order valence-electron chi connectivity index (χ3n) is 2.08. The van der Waals surface area contributed by atoms with Crippen molar-refractivity contribution in [2.24, 2.45) is 0 Å². The lowest BCUT2D eigenvalue weighted by Crippen LogP contribution is -1.77. The van der Waals surface area contributed by atoms with E-state index in [2.05, 4.69) is 22.5 Å². The Morgan fingerprint density at radius 3 is 3.14 bits per heavy atom. The fourth-order valence-corrected chi connectivity index (χ4v) is 2.10. The van der Waals surface area contributed by atoms with Gasteiger partial charge >= 0.3 is 0 Å². The number of nitrogens with zero attached hydrogens (tertiary/aromatic N) is 2. The molecular formula is C11H7N2S. The van der Waals surface area contributed by atoms with Gasteiger partial charge < -0.3 is 4.40 Å². The maximum Gasteiger partial charge on any atom is 0.137 e. The second-order valence-corrected chi connectivity index (χ2v) is 3.95. The zero-order chi connectivity index (χ0) is 9.38. The lowest BCUT2D eigenvalue weighted by molar-refractivity contribution is 1.18. The van der Waals surface area contributed by atoms with E-state index in [1.807, 2.05) is 35.0 Å². The zero-order valence-electron chi connectivity index (χ0n) is 7.34. The van der Waals surface area contributed by atoms with Gasteiger partial charge in [0.1, 0.15) is 5.65 Å². The zero-order valence-corrected chi connectivity index (χ0v) is 8.16. The molecule has 3 heteroatoms. The van der Waals surface area contributed by atoms with Crippen LogP contribution in [0.3, 0.4) is 0 Å². The summed E-state index contributed by atoms with van der Waals surface area (Å²) in [6.07, 6.45) is 3.91. The van der Waals surface area contributed by atoms with E-state index in [0.29, 0.717) is 0 Å². The van der Waals surface area contributed by atoms with E-state index in [-0.39, 0.29) is 0 Å². The highest BCUT2D eigenvalue weighted by molar-refractivity contribution is 7.13. The fraction of sp³-hybridized carbons (Fsp3) is 0. The summed E-state index contributed by atoms with van der Waals surface area (Å²) in [5.74, 6) is 0. The Labute approximate surface area is 85.5 Å². The van der Waals surface area contributed by atoms with E-state index in [0.717, 1.165) is 11.3 Å². The van der Waals surface area contributed by atoms with Crippen molar-refractivity contribution in [2.75, 3.05) is 0 Å². The van der Waals surface area contributed by atoms with Crippen molar-refractivity contribution in [1.82, 2.24) is 9.38 Å². The summed E-state index contributed by atoms with van der Waals surface area (Å²) >= 11 is 1.71. The van der Waals surface area contributed by atoms with Gasteiger partial charge in [0.05, 0.1) is 10.6 Å². The van der Waals surface area contributed by atoms with Gasteiger partial charge in [0, 0.05) is 12.4 Å². The Balaban J connectivity index is 2.24. The number of hydrogen-bond acceptors (Lipinski definition) is 2. The van der Waals surface area contributed by atoms with E-state index in [9.17, 15) is 0 Å². The summed E-state index contributed by atoms with van der Waals surface area (Å²) in [5.41, 5.74) is 1.99. The van der Waals surface area contributed by atoms with Crippen molar-refractivity contribution in [1.29, 1.82) is 0 Å². The quantitative estimate of drug-likeness (QED) is 0.589. The molecule has 0 unspecified atom stereocenters. The van der Waals surface area contributed by atoms with Crippen LogP contribution in [0, 0.1) is 6.07 Å². The molecule has 0 N–H and O–H groups in total. The predicted molar refractivity (Wildman–Crippen MR) is 57.3 cm³/mol. The molecule has 0 aliphatic carbocycles. The van der Waals surface area contributed by atoms with Crippen LogP contribution in [0.25, 0.3) is 16.2 Å². The summed E-state index contributed by atoms with van der Waals surface area (Å²) in [6.45, 7) is 0. The van der Waals surface area contributed by atoms with Gasteiger partial charge in [-0.05, 0) is 29.6 Å². The minimum absolute atomic E-state index is 0.965. The van der Waals surface area contributed by atoms with Gasteiger partial charge in [0.2, 0.25) is 0 Å². The van der Waals surface area contributed by atoms with Gasteiger partial charge in [-0.15, -0.1) is 11.3 Å². The van der Waals surface area contributed by atoms with Crippen molar-refractivity contribution in [2.45, 2.75) is 0 Å². The standard InChI is InChI=1S/C11H7N2S/c1-2-6-13-8-9(12-11(13)5-1)10-4-3-7-14-10/h1,3-8H. The molecule has 0 bridgehead atoms. The molecule has 0 fully saturated rings. The Bertz CT molecular complexity index is 518. The number of aromatic nitrogens is 2. The molecule has 3 aromatic heterocycles. The first kappa shape index (κ1) is 7.76. The molecule has 3 aromatic rings. The minimum atomic E-state index is 0.965. The first-order chi connectivity index (χ1) is 6.93. The maximum atomic E-state index is 4.51. The molecule has 0 aliphatic heterocycles. The van der Waals surface area contributed by atoms with Crippen LogP contribution in [0.5, 0.6) is 0 Å². The van der Waals surface area contributed by atoms with Crippen molar-refractivity contribution in [3.8, 4) is 10.6 Å². The molecule has 0 spiro atoms. The van der Waals surface area contributed by atoms with Gasteiger partial charge in [-0.3, -0.25) is 0 Å². The third-order valence-corrected chi connectivity index (χ3v) is 2.97. The largest absolute Gasteiger partial charge is 0.306 e. The average molecular weight is 199 g/mol. The monoisotopic (exact) mass is 199 g/mol. The molecule has 2 nitrogen and oxygen atoms in total. The lowest BCUT2D eigenvalue weighted by atomic mass is 10.4. The number of pyridine rings is 1. The van der Waals surface area contributed by atoms with Gasteiger partial charge in [0.25, 0.3) is 0 Å². The number of rotatable bonds is 1. The molecule has 3 heterocycles. The fourth-order valence-electron chi connectivity index (χ4n) is 1.42. The molecular weight excluding hydrogens is 192 g/mol. The Kier molecular flexibility index (Phi) is 1.64. The molecule has 0 atom stereocenters. The Morgan fingerprint density at radius 1 is 1.36 bits per heavy atom. The van der Waals surface area contributed by atoms with Crippen molar-refractivity contribution in [3.05, 3.63) is 48.1 Å². The maximum absolute atomic E-state index is 4.51. The lowest BCUT2D eigenvalue weighted by Gasteiger charge is -1.86. The summed E-state index contributed by atoms with van der Waals surface area (Å²) in [5, 5.41) is 2.06. The van der Waals surface area contributed by atoms with E-state index >= 15 is 0 Å². The number of thiophene rings is 1. The molecule has 3 rings (SSSR count). The van der Waals surface area contributed by atoms with Crippen LogP contribution >= 0.6 is 11.3 Å². The Hall–Kier alpha value is -1.61. The molecule has 0 saturated heterocycles. The summed E-state index contributed by atoms with van der Waals surface area (Å²) in [4.78, 5) is 5.71. The second kappa shape index (κ2) is 2.96. The van der Waals surface area contributed by atoms with Crippen LogP contribution in [-0.2, 0) is 0 Å². The van der Waals surface area contributed by atoms with Crippen LogP contribution in [-0.4, -0.2) is 9.38 Å². The molecule has 14 heavy (non-hydrogen) atoms. The van der Waals surface area contributed by atoms with Crippen molar-refractivity contribution >= 4 is 17.0 Å². The van der Waals surface area contributed by atoms with Crippen LogP contribution in [0.1, 0.15) is 0 Å². The SMILES string of the molecule is [c]1ccc2nc(-c3cccs3)cn2c1. The minimum Gasteiger partial charge on any atom is -0.306 e. The number of hydrogen-bond donors (Lipinski definition) is 0. The molecule has 0 aromatic carbocycles. The van der Waals surface area contributed by atoms with Crippen LogP contribution in [0.15, 0.2) is 42.0 Å². The number of imidazole rings is 1. The highest BCUT2D eigenvalue weighted by Gasteiger charge is 2.03. The Morgan fingerprint density at radius 2 is 2.36 bits per heavy atom. The summed E-state index contributed by atoms with van der Waals surface area (Å²) in [7, 11) is 0. The normalized spacial score (nSPS) is 10.9. The third kappa shape index (κ3) is 1.14. The first-order valence-electron chi connectivity index (χ1n) is 4.32. The molecule has 0 saturated carbocycles. The molecule has 0 amide bonds. The van der Waals surface area contributed by atoms with Gasteiger partial charge in [-0.2, -0.15) is 0 Å². The molecule has 67 valence electrons. The molecule has 0 aliphatic rings. The van der Waals surface area contributed by atoms with E-state index in [1.165, 1.54) is 4.88 Å². The van der Waals surface area contributed by atoms with Crippen molar-refractivity contribution in [3.63, 3.8) is 0 Å². The van der Waals surface area contributed by atoms with Crippen LogP contribution < -0.4 is 0 Å². The van der Waals surface area contributed by atoms with Crippen molar-refractivity contribution < 1.29 is 0 Å². The van der Waals surface area contributed by atoms with E-state index in [4.69, 9.17) is 0 Å².